The molecule has 0 aromatic carbocycles. The molecular formula is C14H24N6OS. The minimum Gasteiger partial charge on any atom is -0.374 e. The van der Waals surface area contributed by atoms with Crippen LogP contribution in [-0.2, 0) is 4.74 Å². The van der Waals surface area contributed by atoms with Crippen molar-refractivity contribution in [2.24, 2.45) is 10.7 Å². The van der Waals surface area contributed by atoms with E-state index in [9.17, 15) is 0 Å². The van der Waals surface area contributed by atoms with Crippen molar-refractivity contribution in [2.75, 3.05) is 64.4 Å². The van der Waals surface area contributed by atoms with Crippen molar-refractivity contribution >= 4 is 22.4 Å². The molecule has 0 spiro atoms. The SMILES string of the molecule is CN1CCOC(CN=C(N)N2CCN(c3nccs3)CC2)C1. The van der Waals surface area contributed by atoms with Gasteiger partial charge in [0.05, 0.1) is 19.3 Å². The third-order valence-electron chi connectivity index (χ3n) is 4.09. The van der Waals surface area contributed by atoms with Crippen molar-refractivity contribution in [1.29, 1.82) is 0 Å². The second-order valence-corrected chi connectivity index (χ2v) is 6.62. The molecule has 0 amide bonds. The van der Waals surface area contributed by atoms with E-state index in [4.69, 9.17) is 10.5 Å². The summed E-state index contributed by atoms with van der Waals surface area (Å²) in [7, 11) is 2.11. The molecule has 1 atom stereocenters. The van der Waals surface area contributed by atoms with E-state index >= 15 is 0 Å². The quantitative estimate of drug-likeness (QED) is 0.619. The van der Waals surface area contributed by atoms with E-state index in [0.717, 1.165) is 51.0 Å². The number of guanidine groups is 1. The Balaban J connectivity index is 1.47. The number of anilines is 1. The molecule has 22 heavy (non-hydrogen) atoms. The number of nitrogens with two attached hydrogens (primary N) is 1. The van der Waals surface area contributed by atoms with Gasteiger partial charge in [-0.15, -0.1) is 11.3 Å². The maximum Gasteiger partial charge on any atom is 0.191 e. The first-order chi connectivity index (χ1) is 10.7. The molecule has 0 radical (unpaired) electrons. The van der Waals surface area contributed by atoms with E-state index < -0.39 is 0 Å². The predicted molar refractivity (Wildman–Crippen MR) is 89.6 cm³/mol. The highest BCUT2D eigenvalue weighted by molar-refractivity contribution is 7.13. The molecule has 3 rings (SSSR count). The predicted octanol–water partition coefficient (Wildman–Crippen LogP) is -0.0896. The third-order valence-corrected chi connectivity index (χ3v) is 4.92. The van der Waals surface area contributed by atoms with E-state index in [1.807, 2.05) is 11.6 Å². The van der Waals surface area contributed by atoms with Gasteiger partial charge in [-0.3, -0.25) is 4.99 Å². The summed E-state index contributed by atoms with van der Waals surface area (Å²) in [6.45, 7) is 6.99. The van der Waals surface area contributed by atoms with Crippen LogP contribution in [-0.4, -0.2) is 86.3 Å². The van der Waals surface area contributed by atoms with E-state index in [-0.39, 0.29) is 6.10 Å². The number of ether oxygens (including phenoxy) is 1. The number of aliphatic imine (C=N–C) groups is 1. The van der Waals surface area contributed by atoms with E-state index in [0.29, 0.717) is 12.5 Å². The molecule has 2 fully saturated rings. The van der Waals surface area contributed by atoms with Gasteiger partial charge in [0.15, 0.2) is 11.1 Å². The summed E-state index contributed by atoms with van der Waals surface area (Å²) in [5.41, 5.74) is 6.14. The smallest absolute Gasteiger partial charge is 0.191 e. The van der Waals surface area contributed by atoms with Gasteiger partial charge >= 0.3 is 0 Å². The summed E-state index contributed by atoms with van der Waals surface area (Å²) in [6, 6.07) is 0. The van der Waals surface area contributed by atoms with E-state index in [1.165, 1.54) is 0 Å². The van der Waals surface area contributed by atoms with Crippen molar-refractivity contribution in [2.45, 2.75) is 6.10 Å². The zero-order valence-electron chi connectivity index (χ0n) is 13.0. The Morgan fingerprint density at radius 1 is 1.41 bits per heavy atom. The first kappa shape index (κ1) is 15.5. The lowest BCUT2D eigenvalue weighted by Crippen LogP contribution is -2.51. The van der Waals surface area contributed by atoms with Gasteiger partial charge in [-0.1, -0.05) is 0 Å². The number of hydrogen-bond donors (Lipinski definition) is 1. The van der Waals surface area contributed by atoms with Gasteiger partial charge in [0.1, 0.15) is 0 Å². The van der Waals surface area contributed by atoms with Crippen LogP contribution in [0.2, 0.25) is 0 Å². The lowest BCUT2D eigenvalue weighted by Gasteiger charge is -2.35. The average Bonchev–Trinajstić information content (AvgIpc) is 3.07. The fourth-order valence-corrected chi connectivity index (χ4v) is 3.47. The first-order valence-corrected chi connectivity index (χ1v) is 8.60. The molecule has 2 N–H and O–H groups in total. The van der Waals surface area contributed by atoms with E-state index in [1.54, 1.807) is 11.3 Å². The second kappa shape index (κ2) is 7.26. The van der Waals surface area contributed by atoms with E-state index in [2.05, 4.69) is 31.7 Å². The maximum atomic E-state index is 6.14. The molecule has 122 valence electrons. The molecule has 2 saturated heterocycles. The molecule has 0 bridgehead atoms. The maximum absolute atomic E-state index is 6.14. The zero-order valence-corrected chi connectivity index (χ0v) is 13.8. The van der Waals surface area contributed by atoms with Gasteiger partial charge in [-0.2, -0.15) is 0 Å². The Morgan fingerprint density at radius 3 is 2.91 bits per heavy atom. The van der Waals surface area contributed by atoms with Crippen molar-refractivity contribution in [3.05, 3.63) is 11.6 Å². The fraction of sp³-hybridized carbons (Fsp3) is 0.714. The van der Waals surface area contributed by atoms with Crippen molar-refractivity contribution in [3.8, 4) is 0 Å². The van der Waals surface area contributed by atoms with Crippen LogP contribution in [0.25, 0.3) is 0 Å². The Morgan fingerprint density at radius 2 is 2.23 bits per heavy atom. The zero-order chi connectivity index (χ0) is 15.4. The fourth-order valence-electron chi connectivity index (χ4n) is 2.77. The Bertz CT molecular complexity index is 486. The third kappa shape index (κ3) is 3.88. The highest BCUT2D eigenvalue weighted by Crippen LogP contribution is 2.18. The number of rotatable bonds is 3. The van der Waals surface area contributed by atoms with Crippen LogP contribution in [0, 0.1) is 0 Å². The lowest BCUT2D eigenvalue weighted by molar-refractivity contribution is -0.0137. The van der Waals surface area contributed by atoms with Crippen LogP contribution in [0.5, 0.6) is 0 Å². The summed E-state index contributed by atoms with van der Waals surface area (Å²) in [5.74, 6) is 0.635. The highest BCUT2D eigenvalue weighted by atomic mass is 32.1. The molecule has 3 heterocycles. The molecule has 0 saturated carbocycles. The van der Waals surface area contributed by atoms with Gasteiger partial charge < -0.3 is 25.2 Å². The standard InChI is InChI=1S/C14H24N6OS/c1-18-7-8-21-12(11-18)10-17-13(15)19-3-5-20(6-4-19)14-16-2-9-22-14/h2,9,12H,3-8,10-11H2,1H3,(H2,15,17). The topological polar surface area (TPSA) is 70.2 Å². The number of piperazine rings is 1. The summed E-state index contributed by atoms with van der Waals surface area (Å²) in [6.07, 6.45) is 2.01. The molecule has 2 aliphatic heterocycles. The molecule has 0 aliphatic carbocycles. The highest BCUT2D eigenvalue weighted by Gasteiger charge is 2.21. The van der Waals surface area contributed by atoms with Gasteiger partial charge in [-0.25, -0.2) is 4.98 Å². The second-order valence-electron chi connectivity index (χ2n) is 5.74. The van der Waals surface area contributed by atoms with Gasteiger partial charge in [0, 0.05) is 50.8 Å². The number of likely N-dealkylation sites (N-methyl/N-ethyl adjacent to an activating group) is 1. The van der Waals surface area contributed by atoms with Gasteiger partial charge in [0.2, 0.25) is 0 Å². The first-order valence-electron chi connectivity index (χ1n) is 7.72. The molecule has 2 aliphatic rings. The molecule has 8 heteroatoms. The number of thiazole rings is 1. The number of aromatic nitrogens is 1. The van der Waals surface area contributed by atoms with Crippen LogP contribution in [0.4, 0.5) is 5.13 Å². The summed E-state index contributed by atoms with van der Waals surface area (Å²) < 4.78 is 5.71. The Labute approximate surface area is 135 Å². The monoisotopic (exact) mass is 324 g/mol. The summed E-state index contributed by atoms with van der Waals surface area (Å²) in [4.78, 5) is 15.6. The normalized spacial score (nSPS) is 24.8. The Kier molecular flexibility index (Phi) is 5.12. The van der Waals surface area contributed by atoms with Crippen LogP contribution in [0.15, 0.2) is 16.6 Å². The Hall–Kier alpha value is -1.38. The molecule has 1 unspecified atom stereocenters. The minimum absolute atomic E-state index is 0.161. The van der Waals surface area contributed by atoms with Crippen LogP contribution < -0.4 is 10.6 Å². The van der Waals surface area contributed by atoms with Crippen LogP contribution in [0.3, 0.4) is 0 Å². The number of nitrogens with zero attached hydrogens (tertiary/aromatic N) is 5. The average molecular weight is 324 g/mol. The summed E-state index contributed by atoms with van der Waals surface area (Å²) >= 11 is 1.68. The minimum atomic E-state index is 0.161. The van der Waals surface area contributed by atoms with Crippen molar-refractivity contribution < 1.29 is 4.74 Å². The number of hydrogen-bond acceptors (Lipinski definition) is 6. The van der Waals surface area contributed by atoms with Crippen molar-refractivity contribution in [1.82, 2.24) is 14.8 Å². The molecular weight excluding hydrogens is 300 g/mol. The molecule has 7 nitrogen and oxygen atoms in total. The summed E-state index contributed by atoms with van der Waals surface area (Å²) in [5, 5.41) is 3.10. The lowest BCUT2D eigenvalue weighted by atomic mass is 10.3. The molecule has 1 aromatic rings. The van der Waals surface area contributed by atoms with Crippen LogP contribution in [0.1, 0.15) is 0 Å². The van der Waals surface area contributed by atoms with Crippen LogP contribution >= 0.6 is 11.3 Å². The van der Waals surface area contributed by atoms with Crippen molar-refractivity contribution in [3.63, 3.8) is 0 Å². The number of morpholine rings is 1. The van der Waals surface area contributed by atoms with Gasteiger partial charge in [0.25, 0.3) is 0 Å². The largest absolute Gasteiger partial charge is 0.374 e. The molecule has 1 aromatic heterocycles. The van der Waals surface area contributed by atoms with Gasteiger partial charge in [-0.05, 0) is 7.05 Å².